The van der Waals surface area contributed by atoms with Crippen LogP contribution in [0.15, 0.2) is 24.3 Å². The summed E-state index contributed by atoms with van der Waals surface area (Å²) in [5.74, 6) is -2.39. The maximum absolute atomic E-state index is 12.9. The van der Waals surface area contributed by atoms with Crippen molar-refractivity contribution in [3.05, 3.63) is 35.6 Å². The van der Waals surface area contributed by atoms with Crippen LogP contribution in [-0.4, -0.2) is 15.6 Å². The van der Waals surface area contributed by atoms with Gasteiger partial charge in [0.05, 0.1) is 16.9 Å². The summed E-state index contributed by atoms with van der Waals surface area (Å²) in [7, 11) is -1.82. The molecule has 0 aliphatic carbocycles. The third-order valence-electron chi connectivity index (χ3n) is 2.63. The van der Waals surface area contributed by atoms with Gasteiger partial charge in [-0.2, -0.15) is 13.2 Å². The lowest BCUT2D eigenvalue weighted by Crippen LogP contribution is -2.28. The molecule has 0 saturated carbocycles. The molecule has 0 amide bonds. The number of hydrogen-bond acceptors (Lipinski definition) is 1. The maximum Gasteiger partial charge on any atom is 0.395 e. The van der Waals surface area contributed by atoms with Gasteiger partial charge in [0.15, 0.2) is 0 Å². The van der Waals surface area contributed by atoms with E-state index in [1.165, 1.54) is 6.92 Å². The van der Waals surface area contributed by atoms with E-state index in [-0.39, 0.29) is 5.56 Å². The summed E-state index contributed by atoms with van der Waals surface area (Å²) in [6.07, 6.45) is -4.87. The Balaban J connectivity index is 2.99. The van der Waals surface area contributed by atoms with Crippen molar-refractivity contribution < 1.29 is 21.8 Å². The van der Waals surface area contributed by atoms with E-state index in [4.69, 9.17) is 5.14 Å². The third-order valence-corrected chi connectivity index (χ3v) is 3.62. The van der Waals surface area contributed by atoms with Crippen LogP contribution in [-0.2, 0) is 11.0 Å². The first kappa shape index (κ1) is 15.1. The minimum absolute atomic E-state index is 0.0544. The molecule has 1 aromatic rings. The zero-order valence-corrected chi connectivity index (χ0v) is 10.4. The van der Waals surface area contributed by atoms with Gasteiger partial charge in [0.1, 0.15) is 5.82 Å². The first-order valence-electron chi connectivity index (χ1n) is 5.19. The average Bonchev–Trinajstić information content (AvgIpc) is 2.25. The minimum atomic E-state index is -4.48. The number of halogens is 4. The van der Waals surface area contributed by atoms with E-state index in [1.807, 2.05) is 0 Å². The van der Waals surface area contributed by atoms with Crippen LogP contribution < -0.4 is 5.14 Å². The number of benzene rings is 1. The Morgan fingerprint density at radius 3 is 2.17 bits per heavy atom. The Labute approximate surface area is 105 Å². The summed E-state index contributed by atoms with van der Waals surface area (Å²) >= 11 is 0. The normalized spacial score (nSPS) is 17.2. The lowest BCUT2D eigenvalue weighted by molar-refractivity contribution is -0.151. The standard InChI is InChI=1S/C11H13F4NOS/c1-7(18(16)17)6-10(11(13,14)15)8-2-4-9(12)5-3-8/h2-5,7,10H,6,16H2,1H3/t7?,10-,18?/m1/s1. The van der Waals surface area contributed by atoms with Gasteiger partial charge in [-0.3, -0.25) is 5.14 Å². The van der Waals surface area contributed by atoms with E-state index in [0.29, 0.717) is 0 Å². The highest BCUT2D eigenvalue weighted by Crippen LogP contribution is 2.38. The summed E-state index contributed by atoms with van der Waals surface area (Å²) in [5, 5.41) is 4.28. The topological polar surface area (TPSA) is 43.1 Å². The Morgan fingerprint density at radius 1 is 1.28 bits per heavy atom. The van der Waals surface area contributed by atoms with Gasteiger partial charge in [-0.1, -0.05) is 12.1 Å². The van der Waals surface area contributed by atoms with Crippen LogP contribution in [0.25, 0.3) is 0 Å². The number of rotatable bonds is 4. The van der Waals surface area contributed by atoms with Crippen molar-refractivity contribution in [2.75, 3.05) is 0 Å². The van der Waals surface area contributed by atoms with Gasteiger partial charge in [0.2, 0.25) is 0 Å². The molecular weight excluding hydrogens is 270 g/mol. The summed E-state index contributed by atoms with van der Waals surface area (Å²) in [4.78, 5) is 0. The monoisotopic (exact) mass is 283 g/mol. The predicted octanol–water partition coefficient (Wildman–Crippen LogP) is 2.87. The maximum atomic E-state index is 12.9. The molecule has 0 aliphatic rings. The van der Waals surface area contributed by atoms with Crippen molar-refractivity contribution in [1.29, 1.82) is 0 Å². The smallest absolute Gasteiger partial charge is 0.252 e. The van der Waals surface area contributed by atoms with Crippen LogP contribution in [0.4, 0.5) is 17.6 Å². The van der Waals surface area contributed by atoms with E-state index >= 15 is 0 Å². The van der Waals surface area contributed by atoms with Crippen molar-refractivity contribution in [2.45, 2.75) is 30.7 Å². The zero-order chi connectivity index (χ0) is 13.9. The van der Waals surface area contributed by atoms with E-state index in [2.05, 4.69) is 0 Å². The average molecular weight is 283 g/mol. The van der Waals surface area contributed by atoms with E-state index in [0.717, 1.165) is 24.3 Å². The fraction of sp³-hybridized carbons (Fsp3) is 0.455. The molecule has 2 unspecified atom stereocenters. The molecule has 2 nitrogen and oxygen atoms in total. The van der Waals surface area contributed by atoms with Crippen molar-refractivity contribution in [1.82, 2.24) is 0 Å². The molecule has 0 radical (unpaired) electrons. The van der Waals surface area contributed by atoms with Gasteiger partial charge in [-0.25, -0.2) is 8.60 Å². The SMILES string of the molecule is CC(C[C@H](c1ccc(F)cc1)C(F)(F)F)S(N)=O. The van der Waals surface area contributed by atoms with Crippen LogP contribution in [0.5, 0.6) is 0 Å². The molecule has 18 heavy (non-hydrogen) atoms. The molecule has 0 spiro atoms. The van der Waals surface area contributed by atoms with Crippen LogP contribution in [0.3, 0.4) is 0 Å². The van der Waals surface area contributed by atoms with E-state index in [1.54, 1.807) is 0 Å². The van der Waals surface area contributed by atoms with Gasteiger partial charge in [-0.05, 0) is 31.0 Å². The van der Waals surface area contributed by atoms with Crippen molar-refractivity contribution in [2.24, 2.45) is 5.14 Å². The highest BCUT2D eigenvalue weighted by atomic mass is 32.2. The second-order valence-corrected chi connectivity index (χ2v) is 5.48. The molecule has 0 fully saturated rings. The fourth-order valence-electron chi connectivity index (χ4n) is 1.58. The third kappa shape index (κ3) is 4.06. The lowest BCUT2D eigenvalue weighted by Gasteiger charge is -2.22. The summed E-state index contributed by atoms with van der Waals surface area (Å²) < 4.78 is 62.3. The van der Waals surface area contributed by atoms with Crippen molar-refractivity contribution in [3.8, 4) is 0 Å². The number of hydrogen-bond donors (Lipinski definition) is 1. The van der Waals surface area contributed by atoms with Gasteiger partial charge >= 0.3 is 6.18 Å². The van der Waals surface area contributed by atoms with E-state index in [9.17, 15) is 21.8 Å². The Bertz CT molecular complexity index is 418. The van der Waals surface area contributed by atoms with Gasteiger partial charge in [-0.15, -0.1) is 0 Å². The largest absolute Gasteiger partial charge is 0.395 e. The van der Waals surface area contributed by atoms with Crippen LogP contribution >= 0.6 is 0 Å². The Kier molecular flexibility index (Phi) is 4.86. The second-order valence-electron chi connectivity index (χ2n) is 4.02. The van der Waals surface area contributed by atoms with Crippen LogP contribution in [0, 0.1) is 5.82 Å². The first-order chi connectivity index (χ1) is 8.21. The Morgan fingerprint density at radius 2 is 1.78 bits per heavy atom. The number of nitrogens with two attached hydrogens (primary N) is 1. The van der Waals surface area contributed by atoms with Gasteiger partial charge < -0.3 is 0 Å². The molecule has 3 atom stereocenters. The van der Waals surface area contributed by atoms with Crippen molar-refractivity contribution >= 4 is 11.0 Å². The minimum Gasteiger partial charge on any atom is -0.252 e. The van der Waals surface area contributed by atoms with Gasteiger partial charge in [0.25, 0.3) is 0 Å². The molecule has 0 aromatic heterocycles. The van der Waals surface area contributed by atoms with Crippen LogP contribution in [0.2, 0.25) is 0 Å². The van der Waals surface area contributed by atoms with Crippen LogP contribution in [0.1, 0.15) is 24.8 Å². The summed E-state index contributed by atoms with van der Waals surface area (Å²) in [5.41, 5.74) is -0.0544. The predicted molar refractivity (Wildman–Crippen MR) is 61.6 cm³/mol. The zero-order valence-electron chi connectivity index (χ0n) is 9.58. The Hall–Kier alpha value is -0.950. The lowest BCUT2D eigenvalue weighted by atomic mass is 9.94. The summed E-state index contributed by atoms with van der Waals surface area (Å²) in [6.45, 7) is 1.39. The van der Waals surface area contributed by atoms with E-state index < -0.39 is 40.6 Å². The molecule has 7 heteroatoms. The molecule has 0 bridgehead atoms. The molecule has 0 aliphatic heterocycles. The quantitative estimate of drug-likeness (QED) is 0.848. The first-order valence-corrected chi connectivity index (χ1v) is 6.46. The van der Waals surface area contributed by atoms with Gasteiger partial charge in [0, 0.05) is 5.25 Å². The second kappa shape index (κ2) is 5.79. The molecular formula is C11H13F4NOS. The molecule has 1 rings (SSSR count). The highest BCUT2D eigenvalue weighted by Gasteiger charge is 2.41. The molecule has 102 valence electrons. The van der Waals surface area contributed by atoms with Crippen molar-refractivity contribution in [3.63, 3.8) is 0 Å². The molecule has 1 aromatic carbocycles. The fourth-order valence-corrected chi connectivity index (χ4v) is 1.96. The molecule has 0 saturated heterocycles. The summed E-state index contributed by atoms with van der Waals surface area (Å²) in [6, 6.07) is 4.11. The molecule has 0 heterocycles. The number of alkyl halides is 3. The highest BCUT2D eigenvalue weighted by molar-refractivity contribution is 7.83. The molecule has 2 N–H and O–H groups in total.